The monoisotopic (exact) mass is 613 g/mol. The molecule has 5 aromatic carbocycles. The van der Waals surface area contributed by atoms with Gasteiger partial charge in [-0.15, -0.1) is 0 Å². The van der Waals surface area contributed by atoms with Crippen LogP contribution in [0.25, 0.3) is 22.4 Å². The molecule has 0 bridgehead atoms. The number of ketones is 1. The van der Waals surface area contributed by atoms with E-state index in [1.165, 1.54) is 44.7 Å². The van der Waals surface area contributed by atoms with Gasteiger partial charge >= 0.3 is 0 Å². The highest BCUT2D eigenvalue weighted by molar-refractivity contribution is 6.13. The number of anilines is 3. The van der Waals surface area contributed by atoms with Crippen molar-refractivity contribution >= 4 is 51.6 Å². The predicted molar refractivity (Wildman–Crippen MR) is 196 cm³/mol. The summed E-state index contributed by atoms with van der Waals surface area (Å²) in [5.74, 6) is -0.193. The number of nitrogens with zero attached hydrogens (tertiary/aromatic N) is 1. The number of rotatable bonds is 7. The Morgan fingerprint density at radius 2 is 1.49 bits per heavy atom. The number of hydrogen-bond acceptors (Lipinski definition) is 3. The van der Waals surface area contributed by atoms with Gasteiger partial charge in [-0.05, 0) is 126 Å². The highest BCUT2D eigenvalue weighted by atomic mass is 16.1. The molecule has 0 radical (unpaired) electrons. The van der Waals surface area contributed by atoms with Gasteiger partial charge in [0.1, 0.15) is 0 Å². The van der Waals surface area contributed by atoms with Gasteiger partial charge in [-0.25, -0.2) is 0 Å². The van der Waals surface area contributed by atoms with Crippen LogP contribution in [0, 0.1) is 20.8 Å². The Labute approximate surface area is 277 Å². The van der Waals surface area contributed by atoms with E-state index >= 15 is 0 Å². The molecule has 0 saturated carbocycles. The van der Waals surface area contributed by atoms with Crippen molar-refractivity contribution in [1.29, 1.82) is 0 Å². The van der Waals surface area contributed by atoms with Gasteiger partial charge in [0.05, 0.1) is 5.69 Å². The first-order valence-electron chi connectivity index (χ1n) is 16.4. The lowest BCUT2D eigenvalue weighted by Crippen LogP contribution is -2.18. The van der Waals surface area contributed by atoms with Crippen molar-refractivity contribution in [1.82, 2.24) is 0 Å². The first-order chi connectivity index (χ1) is 22.7. The van der Waals surface area contributed by atoms with Gasteiger partial charge < -0.3 is 4.90 Å². The summed E-state index contributed by atoms with van der Waals surface area (Å²) in [6.07, 6.45) is 11.0. The first kappa shape index (κ1) is 30.4. The maximum atomic E-state index is 13.3. The largest absolute Gasteiger partial charge is 0.310 e. The number of allylic oxidation sites excluding steroid dienone is 5. The lowest BCUT2D eigenvalue weighted by atomic mass is 9.80. The lowest BCUT2D eigenvalue weighted by molar-refractivity contribution is 0.103. The molecule has 0 heterocycles. The summed E-state index contributed by atoms with van der Waals surface area (Å²) < 4.78 is 0. The van der Waals surface area contributed by atoms with E-state index in [9.17, 15) is 9.59 Å². The zero-order valence-corrected chi connectivity index (χ0v) is 27.7. The Kier molecular flexibility index (Phi) is 7.64. The van der Waals surface area contributed by atoms with E-state index in [1.807, 2.05) is 42.5 Å². The molecule has 0 spiro atoms. The van der Waals surface area contributed by atoms with Gasteiger partial charge in [-0.3, -0.25) is 9.59 Å². The summed E-state index contributed by atoms with van der Waals surface area (Å²) in [6, 6.07) is 31.2. The molecule has 0 N–H and O–H groups in total. The molecule has 5 aromatic rings. The normalized spacial score (nSPS) is 14.8. The minimum Gasteiger partial charge on any atom is -0.310 e. The summed E-state index contributed by atoms with van der Waals surface area (Å²) in [4.78, 5) is 27.5. The summed E-state index contributed by atoms with van der Waals surface area (Å²) in [6.45, 7) is 11.2. The number of fused-ring (bicyclic) bond motifs is 3. The van der Waals surface area contributed by atoms with E-state index in [0.29, 0.717) is 11.1 Å². The molecule has 0 unspecified atom stereocenters. The van der Waals surface area contributed by atoms with Crippen LogP contribution >= 0.6 is 0 Å². The highest BCUT2D eigenvalue weighted by Crippen LogP contribution is 2.52. The van der Waals surface area contributed by atoms with E-state index in [2.05, 4.69) is 94.1 Å². The van der Waals surface area contributed by atoms with Crippen molar-refractivity contribution in [2.45, 2.75) is 52.9 Å². The summed E-state index contributed by atoms with van der Waals surface area (Å²) >= 11 is 0. The van der Waals surface area contributed by atoms with E-state index in [0.717, 1.165) is 46.8 Å². The van der Waals surface area contributed by atoms with Gasteiger partial charge in [-0.2, -0.15) is 0 Å². The Bertz CT molecular complexity index is 2150. The predicted octanol–water partition coefficient (Wildman–Crippen LogP) is 11.3. The first-order valence-corrected chi connectivity index (χ1v) is 16.4. The Balaban J connectivity index is 1.25. The van der Waals surface area contributed by atoms with Crippen LogP contribution in [0.4, 0.5) is 17.1 Å². The molecule has 232 valence electrons. The second-order valence-electron chi connectivity index (χ2n) is 13.5. The SMILES string of the molecule is Cc1cc(C)c(N(c2ccc(C=CC(=O)c3cc4ccccc4cc3C=O)cc2)c2ccc3c(c2)C(C)(C)C2=C3CCC=C2)c(C)c1. The molecule has 0 saturated heterocycles. The molecule has 47 heavy (non-hydrogen) atoms. The van der Waals surface area contributed by atoms with Crippen LogP contribution in [0.5, 0.6) is 0 Å². The number of aldehydes is 1. The van der Waals surface area contributed by atoms with Gasteiger partial charge in [0.15, 0.2) is 12.1 Å². The number of carbonyl (C=O) groups is 2. The Hall–Kier alpha value is -5.28. The van der Waals surface area contributed by atoms with Gasteiger partial charge in [0.2, 0.25) is 0 Å². The van der Waals surface area contributed by atoms with Crippen LogP contribution in [-0.4, -0.2) is 12.1 Å². The topological polar surface area (TPSA) is 37.4 Å². The van der Waals surface area contributed by atoms with Crippen LogP contribution in [0.3, 0.4) is 0 Å². The quantitative estimate of drug-likeness (QED) is 0.104. The van der Waals surface area contributed by atoms with Crippen molar-refractivity contribution in [2.24, 2.45) is 0 Å². The molecule has 0 amide bonds. The summed E-state index contributed by atoms with van der Waals surface area (Å²) in [5, 5.41) is 1.87. The summed E-state index contributed by atoms with van der Waals surface area (Å²) in [5.41, 5.74) is 14.4. The van der Waals surface area contributed by atoms with Gasteiger partial charge in [0.25, 0.3) is 0 Å². The number of hydrogen-bond donors (Lipinski definition) is 0. The van der Waals surface area contributed by atoms with Gasteiger partial charge in [0, 0.05) is 27.9 Å². The van der Waals surface area contributed by atoms with E-state index in [1.54, 1.807) is 18.2 Å². The zero-order chi connectivity index (χ0) is 32.9. The van der Waals surface area contributed by atoms with Gasteiger partial charge in [-0.1, -0.05) is 92.2 Å². The highest BCUT2D eigenvalue weighted by Gasteiger charge is 2.37. The summed E-state index contributed by atoms with van der Waals surface area (Å²) in [7, 11) is 0. The second-order valence-corrected chi connectivity index (χ2v) is 13.5. The molecule has 3 nitrogen and oxygen atoms in total. The van der Waals surface area contributed by atoms with Crippen molar-refractivity contribution in [3.8, 4) is 0 Å². The third-order valence-electron chi connectivity index (χ3n) is 9.85. The molecule has 3 heteroatoms. The number of carbonyl (C=O) groups excluding carboxylic acids is 2. The molecule has 0 atom stereocenters. The number of benzene rings is 5. The maximum absolute atomic E-state index is 13.3. The van der Waals surface area contributed by atoms with E-state index in [4.69, 9.17) is 0 Å². The Morgan fingerprint density at radius 1 is 0.809 bits per heavy atom. The van der Waals surface area contributed by atoms with Crippen molar-refractivity contribution in [2.75, 3.05) is 4.90 Å². The third kappa shape index (κ3) is 5.36. The fourth-order valence-corrected chi connectivity index (χ4v) is 7.62. The molecule has 0 fully saturated rings. The zero-order valence-electron chi connectivity index (χ0n) is 27.7. The average Bonchev–Trinajstić information content (AvgIpc) is 3.30. The molecule has 0 aliphatic heterocycles. The van der Waals surface area contributed by atoms with Crippen LogP contribution < -0.4 is 4.90 Å². The molecule has 0 aromatic heterocycles. The minimum absolute atomic E-state index is 0.0590. The fourth-order valence-electron chi connectivity index (χ4n) is 7.62. The third-order valence-corrected chi connectivity index (χ3v) is 9.85. The van der Waals surface area contributed by atoms with Crippen LogP contribution in [0.1, 0.15) is 80.8 Å². The standard InChI is InChI=1S/C44H39NO2/c1-28-22-29(2)43(30(3)23-28)45(36-19-20-38-37-12-8-9-13-40(37)44(4,5)41(38)26-36)35-17-14-31(15-18-35)16-21-42(47)39-25-33-11-7-6-10-32(33)24-34(39)27-46/h6-7,9-11,13-27H,8,12H2,1-5H3. The minimum atomic E-state index is -0.193. The molecule has 2 aliphatic rings. The van der Waals surface area contributed by atoms with Crippen LogP contribution in [0.2, 0.25) is 0 Å². The molecular weight excluding hydrogens is 574 g/mol. The number of aryl methyl sites for hydroxylation is 3. The molecular formula is C44H39NO2. The molecule has 2 aliphatic carbocycles. The molecule has 7 rings (SSSR count). The van der Waals surface area contributed by atoms with Crippen molar-refractivity contribution in [3.05, 3.63) is 159 Å². The smallest absolute Gasteiger partial charge is 0.186 e. The maximum Gasteiger partial charge on any atom is 0.186 e. The second kappa shape index (κ2) is 11.8. The van der Waals surface area contributed by atoms with E-state index in [-0.39, 0.29) is 11.2 Å². The average molecular weight is 614 g/mol. The lowest BCUT2D eigenvalue weighted by Gasteiger charge is -2.31. The van der Waals surface area contributed by atoms with E-state index < -0.39 is 0 Å². The Morgan fingerprint density at radius 3 is 2.19 bits per heavy atom. The van der Waals surface area contributed by atoms with Crippen LogP contribution in [-0.2, 0) is 5.41 Å². The van der Waals surface area contributed by atoms with Crippen molar-refractivity contribution < 1.29 is 9.59 Å². The fraction of sp³-hybridized carbons (Fsp3) is 0.182. The van der Waals surface area contributed by atoms with Crippen molar-refractivity contribution in [3.63, 3.8) is 0 Å². The van der Waals surface area contributed by atoms with Crippen LogP contribution in [0.15, 0.2) is 115 Å².